The smallest absolute Gasteiger partial charge is 0.305 e. The van der Waals surface area contributed by atoms with Gasteiger partial charge in [0.05, 0.1) is 6.61 Å². The highest BCUT2D eigenvalue weighted by atomic mass is 16.7. The lowest BCUT2D eigenvalue weighted by molar-refractivity contribution is -0.158. The van der Waals surface area contributed by atoms with Crippen LogP contribution in [0, 0.1) is 5.92 Å². The molecule has 0 saturated carbocycles. The van der Waals surface area contributed by atoms with E-state index in [-0.39, 0.29) is 12.1 Å². The van der Waals surface area contributed by atoms with Crippen LogP contribution in [0.2, 0.25) is 0 Å². The molecule has 1 saturated heterocycles. The average molecular weight is 427 g/mol. The lowest BCUT2D eigenvalue weighted by Crippen LogP contribution is -2.25. The number of rotatable bonds is 19. The highest BCUT2D eigenvalue weighted by Gasteiger charge is 2.33. The van der Waals surface area contributed by atoms with Gasteiger partial charge in [-0.15, -0.1) is 0 Å². The molecular formula is C26H50O4. The molecule has 1 aliphatic heterocycles. The van der Waals surface area contributed by atoms with Gasteiger partial charge in [-0.1, -0.05) is 104 Å². The van der Waals surface area contributed by atoms with Gasteiger partial charge in [0.2, 0.25) is 0 Å². The summed E-state index contributed by atoms with van der Waals surface area (Å²) in [5.74, 6) is 0.208. The second-order valence-electron chi connectivity index (χ2n) is 10.0. The molecule has 0 aromatic carbocycles. The lowest BCUT2D eigenvalue weighted by atomic mass is 10.0. The van der Waals surface area contributed by atoms with E-state index in [4.69, 9.17) is 14.2 Å². The van der Waals surface area contributed by atoms with E-state index in [0.717, 1.165) is 18.8 Å². The van der Waals surface area contributed by atoms with Gasteiger partial charge in [0.15, 0.2) is 5.79 Å². The number of hydrogen-bond acceptors (Lipinski definition) is 4. The second kappa shape index (κ2) is 17.0. The molecule has 0 aliphatic carbocycles. The van der Waals surface area contributed by atoms with Crippen molar-refractivity contribution in [1.29, 1.82) is 0 Å². The minimum atomic E-state index is -0.552. The van der Waals surface area contributed by atoms with Gasteiger partial charge in [-0.25, -0.2) is 0 Å². The molecule has 0 radical (unpaired) electrons. The van der Waals surface area contributed by atoms with Crippen LogP contribution in [0.3, 0.4) is 0 Å². The molecule has 0 N–H and O–H groups in total. The largest absolute Gasteiger partial charge is 0.463 e. The Bertz CT molecular complexity index is 419. The van der Waals surface area contributed by atoms with Crippen LogP contribution in [0.25, 0.3) is 0 Å². The van der Waals surface area contributed by atoms with E-state index in [0.29, 0.717) is 19.6 Å². The third-order valence-electron chi connectivity index (χ3n) is 5.91. The maximum Gasteiger partial charge on any atom is 0.305 e. The summed E-state index contributed by atoms with van der Waals surface area (Å²) in [7, 11) is 0. The number of carbonyl (C=O) groups is 1. The summed E-state index contributed by atoms with van der Waals surface area (Å²) in [6.07, 6.45) is 20.5. The monoisotopic (exact) mass is 426 g/mol. The van der Waals surface area contributed by atoms with Gasteiger partial charge >= 0.3 is 5.97 Å². The molecule has 0 aromatic rings. The molecule has 0 spiro atoms. The predicted molar refractivity (Wildman–Crippen MR) is 125 cm³/mol. The van der Waals surface area contributed by atoms with Crippen molar-refractivity contribution in [3.8, 4) is 0 Å². The van der Waals surface area contributed by atoms with Crippen LogP contribution in [-0.4, -0.2) is 31.1 Å². The van der Waals surface area contributed by atoms with Crippen LogP contribution < -0.4 is 0 Å². The molecule has 0 aromatic heterocycles. The van der Waals surface area contributed by atoms with Gasteiger partial charge in [0.25, 0.3) is 0 Å². The molecule has 1 atom stereocenters. The standard InChI is InChI=1S/C26H50O4/c1-23(2)19-17-15-13-11-9-7-5-6-8-10-12-14-16-18-20-25(27)28-21-24-22-29-26(3,4)30-24/h23-24H,5-22H2,1-4H3. The lowest BCUT2D eigenvalue weighted by Gasteiger charge is -2.16. The van der Waals surface area contributed by atoms with Crippen molar-refractivity contribution in [2.75, 3.05) is 13.2 Å². The zero-order valence-corrected chi connectivity index (χ0v) is 20.5. The maximum atomic E-state index is 11.8. The summed E-state index contributed by atoms with van der Waals surface area (Å²) in [6.45, 7) is 9.21. The highest BCUT2D eigenvalue weighted by molar-refractivity contribution is 5.69. The molecule has 4 heteroatoms. The molecule has 30 heavy (non-hydrogen) atoms. The summed E-state index contributed by atoms with van der Waals surface area (Å²) in [5, 5.41) is 0. The Morgan fingerprint density at radius 1 is 0.833 bits per heavy atom. The third-order valence-corrected chi connectivity index (χ3v) is 5.91. The maximum absolute atomic E-state index is 11.8. The van der Waals surface area contributed by atoms with E-state index in [2.05, 4.69) is 13.8 Å². The fraction of sp³-hybridized carbons (Fsp3) is 0.962. The quantitative estimate of drug-likeness (QED) is 0.158. The van der Waals surface area contributed by atoms with E-state index in [1.165, 1.54) is 83.5 Å². The van der Waals surface area contributed by atoms with Crippen molar-refractivity contribution < 1.29 is 19.0 Å². The summed E-state index contributed by atoms with van der Waals surface area (Å²) < 4.78 is 16.4. The minimum absolute atomic E-state index is 0.108. The molecule has 1 aliphatic rings. The summed E-state index contributed by atoms with van der Waals surface area (Å²) >= 11 is 0. The first kappa shape index (κ1) is 27.4. The molecule has 1 rings (SSSR count). The van der Waals surface area contributed by atoms with Gasteiger partial charge in [-0.2, -0.15) is 0 Å². The van der Waals surface area contributed by atoms with Crippen molar-refractivity contribution in [1.82, 2.24) is 0 Å². The van der Waals surface area contributed by atoms with Crippen LogP contribution in [0.1, 0.15) is 130 Å². The molecule has 1 fully saturated rings. The van der Waals surface area contributed by atoms with Crippen molar-refractivity contribution in [2.45, 2.75) is 142 Å². The molecule has 4 nitrogen and oxygen atoms in total. The number of hydrogen-bond donors (Lipinski definition) is 0. The SMILES string of the molecule is CC(C)CCCCCCCCCCCCCCCCC(=O)OCC1COC(C)(C)O1. The first-order valence-corrected chi connectivity index (χ1v) is 12.9. The van der Waals surface area contributed by atoms with Gasteiger partial charge in [0, 0.05) is 6.42 Å². The van der Waals surface area contributed by atoms with E-state index >= 15 is 0 Å². The number of esters is 1. The summed E-state index contributed by atoms with van der Waals surface area (Å²) in [4.78, 5) is 11.8. The topological polar surface area (TPSA) is 44.8 Å². The molecule has 178 valence electrons. The Labute approximate surface area is 186 Å². The molecule has 1 unspecified atom stereocenters. The molecule has 0 amide bonds. The summed E-state index contributed by atoms with van der Waals surface area (Å²) in [6, 6.07) is 0. The second-order valence-corrected chi connectivity index (χ2v) is 10.0. The molecule has 1 heterocycles. The van der Waals surface area contributed by atoms with E-state index in [1.807, 2.05) is 13.8 Å². The van der Waals surface area contributed by atoms with Crippen LogP contribution in [-0.2, 0) is 19.0 Å². The van der Waals surface area contributed by atoms with E-state index in [9.17, 15) is 4.79 Å². The minimum Gasteiger partial charge on any atom is -0.463 e. The predicted octanol–water partition coefficient (Wildman–Crippen LogP) is 7.58. The van der Waals surface area contributed by atoms with Crippen molar-refractivity contribution in [2.24, 2.45) is 5.92 Å². The van der Waals surface area contributed by atoms with Gasteiger partial charge in [0.1, 0.15) is 12.7 Å². The van der Waals surface area contributed by atoms with Crippen molar-refractivity contribution in [3.05, 3.63) is 0 Å². The van der Waals surface area contributed by atoms with Crippen molar-refractivity contribution >= 4 is 5.97 Å². The zero-order chi connectivity index (χ0) is 22.1. The van der Waals surface area contributed by atoms with Crippen molar-refractivity contribution in [3.63, 3.8) is 0 Å². The summed E-state index contributed by atoms with van der Waals surface area (Å²) in [5.41, 5.74) is 0. The van der Waals surface area contributed by atoms with Gasteiger partial charge in [-0.05, 0) is 26.2 Å². The Morgan fingerprint density at radius 3 is 1.73 bits per heavy atom. The van der Waals surface area contributed by atoms with Gasteiger partial charge < -0.3 is 14.2 Å². The number of carbonyl (C=O) groups excluding carboxylic acids is 1. The van der Waals surface area contributed by atoms with Crippen LogP contribution in [0.4, 0.5) is 0 Å². The zero-order valence-electron chi connectivity index (χ0n) is 20.5. The van der Waals surface area contributed by atoms with E-state index in [1.54, 1.807) is 0 Å². The number of ether oxygens (including phenoxy) is 3. The van der Waals surface area contributed by atoms with Crippen LogP contribution >= 0.6 is 0 Å². The van der Waals surface area contributed by atoms with Crippen LogP contribution in [0.5, 0.6) is 0 Å². The average Bonchev–Trinajstić information content (AvgIpc) is 3.04. The highest BCUT2D eigenvalue weighted by Crippen LogP contribution is 2.22. The number of unbranched alkanes of at least 4 members (excludes halogenated alkanes) is 13. The molecule has 0 bridgehead atoms. The third kappa shape index (κ3) is 16.1. The first-order valence-electron chi connectivity index (χ1n) is 12.9. The van der Waals surface area contributed by atoms with E-state index < -0.39 is 5.79 Å². The Hall–Kier alpha value is -0.610. The normalized spacial score (nSPS) is 18.2. The Kier molecular flexibility index (Phi) is 15.5. The Morgan fingerprint density at radius 2 is 1.30 bits per heavy atom. The Balaban J connectivity index is 1.75. The van der Waals surface area contributed by atoms with Gasteiger partial charge in [-0.3, -0.25) is 4.79 Å². The first-order chi connectivity index (χ1) is 14.4. The van der Waals surface area contributed by atoms with Crippen LogP contribution in [0.15, 0.2) is 0 Å². The fourth-order valence-corrected chi connectivity index (χ4v) is 4.05. The fourth-order valence-electron chi connectivity index (χ4n) is 4.05. The molecular weight excluding hydrogens is 376 g/mol.